The molecule has 0 aliphatic rings. The summed E-state index contributed by atoms with van der Waals surface area (Å²) in [6.07, 6.45) is 1.05. The summed E-state index contributed by atoms with van der Waals surface area (Å²) in [5.41, 5.74) is 0.883. The molecule has 0 amide bonds. The van der Waals surface area contributed by atoms with Gasteiger partial charge in [-0.1, -0.05) is 5.21 Å². The van der Waals surface area contributed by atoms with Gasteiger partial charge in [-0.15, -0.1) is 16.4 Å². The van der Waals surface area contributed by atoms with E-state index >= 15 is 0 Å². The highest BCUT2D eigenvalue weighted by molar-refractivity contribution is 7.18. The Balaban J connectivity index is 2.47. The minimum atomic E-state index is -0.102. The third-order valence-corrected chi connectivity index (χ3v) is 3.81. The normalized spacial score (nSPS) is 10.6. The van der Waals surface area contributed by atoms with Crippen molar-refractivity contribution in [3.63, 3.8) is 0 Å². The van der Waals surface area contributed by atoms with Crippen LogP contribution >= 0.6 is 11.3 Å². The van der Waals surface area contributed by atoms with Crippen LogP contribution in [0, 0.1) is 25.2 Å². The van der Waals surface area contributed by atoms with E-state index in [1.807, 2.05) is 19.9 Å². The zero-order valence-corrected chi connectivity index (χ0v) is 10.5. The smallest absolute Gasteiger partial charge is 0.267 e. The van der Waals surface area contributed by atoms with Gasteiger partial charge in [0.15, 0.2) is 4.83 Å². The van der Waals surface area contributed by atoms with Crippen LogP contribution in [0.2, 0.25) is 0 Å². The SMILES string of the molecule is Cc1sc2nnn(CCCC#N)c(=O)c2c1C. The van der Waals surface area contributed by atoms with Crippen molar-refractivity contribution in [2.45, 2.75) is 33.2 Å². The predicted octanol–water partition coefficient (Wildman–Crippen LogP) is 1.77. The number of hydrogen-bond acceptors (Lipinski definition) is 5. The number of nitriles is 1. The first-order chi connectivity index (χ1) is 8.15. The van der Waals surface area contributed by atoms with Crippen molar-refractivity contribution in [1.29, 1.82) is 5.26 Å². The molecule has 0 aromatic carbocycles. The van der Waals surface area contributed by atoms with E-state index in [0.717, 1.165) is 10.4 Å². The maximum atomic E-state index is 12.1. The largest absolute Gasteiger partial charge is 0.278 e. The third kappa shape index (κ3) is 2.06. The molecule has 6 heteroatoms. The summed E-state index contributed by atoms with van der Waals surface area (Å²) in [5, 5.41) is 17.1. The van der Waals surface area contributed by atoms with Crippen LogP contribution in [0.4, 0.5) is 0 Å². The fourth-order valence-electron chi connectivity index (χ4n) is 1.65. The Labute approximate surface area is 102 Å². The van der Waals surface area contributed by atoms with Crippen LogP contribution in [0.1, 0.15) is 23.3 Å². The van der Waals surface area contributed by atoms with Gasteiger partial charge < -0.3 is 0 Å². The van der Waals surface area contributed by atoms with Crippen molar-refractivity contribution in [3.8, 4) is 6.07 Å². The second-order valence-electron chi connectivity index (χ2n) is 3.84. The second-order valence-corrected chi connectivity index (χ2v) is 5.05. The van der Waals surface area contributed by atoms with Crippen LogP contribution in [-0.2, 0) is 6.54 Å². The molecule has 0 radical (unpaired) electrons. The second kappa shape index (κ2) is 4.63. The molecule has 2 aromatic rings. The van der Waals surface area contributed by atoms with Gasteiger partial charge in [0, 0.05) is 17.8 Å². The number of aromatic nitrogens is 3. The van der Waals surface area contributed by atoms with Gasteiger partial charge in [0.05, 0.1) is 11.5 Å². The van der Waals surface area contributed by atoms with Crippen molar-refractivity contribution < 1.29 is 0 Å². The topological polar surface area (TPSA) is 71.6 Å². The molecule has 2 rings (SSSR count). The number of hydrogen-bond donors (Lipinski definition) is 0. The molecule has 0 N–H and O–H groups in total. The van der Waals surface area contributed by atoms with Crippen LogP contribution in [-0.4, -0.2) is 15.0 Å². The van der Waals surface area contributed by atoms with Crippen molar-refractivity contribution in [2.24, 2.45) is 0 Å². The average molecular weight is 248 g/mol. The van der Waals surface area contributed by atoms with Gasteiger partial charge in [-0.2, -0.15) is 5.26 Å². The van der Waals surface area contributed by atoms with E-state index in [-0.39, 0.29) is 5.56 Å². The summed E-state index contributed by atoms with van der Waals surface area (Å²) in [6.45, 7) is 4.35. The highest BCUT2D eigenvalue weighted by Crippen LogP contribution is 2.24. The lowest BCUT2D eigenvalue weighted by atomic mass is 10.2. The zero-order chi connectivity index (χ0) is 12.4. The molecule has 0 atom stereocenters. The maximum Gasteiger partial charge on any atom is 0.278 e. The highest BCUT2D eigenvalue weighted by Gasteiger charge is 2.12. The molecule has 2 heterocycles. The molecule has 0 unspecified atom stereocenters. The number of nitrogens with zero attached hydrogens (tertiary/aromatic N) is 4. The third-order valence-electron chi connectivity index (χ3n) is 2.72. The van der Waals surface area contributed by atoms with Crippen LogP contribution in [0.5, 0.6) is 0 Å². The Morgan fingerprint density at radius 3 is 2.94 bits per heavy atom. The number of thiophene rings is 1. The monoisotopic (exact) mass is 248 g/mol. The quantitative estimate of drug-likeness (QED) is 0.776. The summed E-state index contributed by atoms with van der Waals surface area (Å²) in [4.78, 5) is 13.9. The molecular formula is C11H12N4OS. The minimum Gasteiger partial charge on any atom is -0.267 e. The summed E-state index contributed by atoms with van der Waals surface area (Å²) < 4.78 is 1.35. The Hall–Kier alpha value is -1.74. The van der Waals surface area contributed by atoms with Crippen LogP contribution in [0.3, 0.4) is 0 Å². The first kappa shape index (κ1) is 11.7. The van der Waals surface area contributed by atoms with Gasteiger partial charge in [0.1, 0.15) is 0 Å². The summed E-state index contributed by atoms with van der Waals surface area (Å²) in [6, 6.07) is 2.05. The number of unbranched alkanes of at least 4 members (excludes halogenated alkanes) is 1. The van der Waals surface area contributed by atoms with Gasteiger partial charge >= 0.3 is 0 Å². The van der Waals surface area contributed by atoms with Crippen LogP contribution < -0.4 is 5.56 Å². The fraction of sp³-hybridized carbons (Fsp3) is 0.455. The molecule has 0 fully saturated rings. The maximum absolute atomic E-state index is 12.1. The Kier molecular flexibility index (Phi) is 3.20. The van der Waals surface area contributed by atoms with Gasteiger partial charge in [-0.05, 0) is 25.8 Å². The number of aryl methyl sites for hydroxylation is 3. The van der Waals surface area contributed by atoms with Crippen LogP contribution in [0.25, 0.3) is 10.2 Å². The fourth-order valence-corrected chi connectivity index (χ4v) is 2.61. The summed E-state index contributed by atoms with van der Waals surface area (Å²) in [7, 11) is 0. The van der Waals surface area contributed by atoms with E-state index in [9.17, 15) is 4.79 Å². The van der Waals surface area contributed by atoms with E-state index < -0.39 is 0 Å². The predicted molar refractivity (Wildman–Crippen MR) is 66.0 cm³/mol. The number of fused-ring (bicyclic) bond motifs is 1. The summed E-state index contributed by atoms with van der Waals surface area (Å²) >= 11 is 1.49. The molecule has 2 aromatic heterocycles. The van der Waals surface area contributed by atoms with Crippen LogP contribution in [0.15, 0.2) is 4.79 Å². The number of rotatable bonds is 3. The Bertz CT molecular complexity index is 650. The molecule has 0 saturated carbocycles. The van der Waals surface area contributed by atoms with Crippen molar-refractivity contribution in [3.05, 3.63) is 20.8 Å². The van der Waals surface area contributed by atoms with Crippen molar-refractivity contribution in [2.75, 3.05) is 0 Å². The first-order valence-electron chi connectivity index (χ1n) is 5.35. The Morgan fingerprint density at radius 1 is 1.47 bits per heavy atom. The molecule has 0 aliphatic heterocycles. The van der Waals surface area contributed by atoms with Gasteiger partial charge in [-0.25, -0.2) is 4.68 Å². The molecule has 17 heavy (non-hydrogen) atoms. The van der Waals surface area contributed by atoms with E-state index in [0.29, 0.717) is 29.6 Å². The van der Waals surface area contributed by atoms with Crippen molar-refractivity contribution >= 4 is 21.6 Å². The average Bonchev–Trinajstić information content (AvgIpc) is 2.59. The van der Waals surface area contributed by atoms with E-state index in [4.69, 9.17) is 5.26 Å². The zero-order valence-electron chi connectivity index (χ0n) is 9.73. The molecule has 0 bridgehead atoms. The first-order valence-corrected chi connectivity index (χ1v) is 6.17. The molecule has 0 aliphatic carbocycles. The summed E-state index contributed by atoms with van der Waals surface area (Å²) in [5.74, 6) is 0. The van der Waals surface area contributed by atoms with Gasteiger partial charge in [0.2, 0.25) is 0 Å². The lowest BCUT2D eigenvalue weighted by Gasteiger charge is -2.01. The lowest BCUT2D eigenvalue weighted by Crippen LogP contribution is -2.24. The highest BCUT2D eigenvalue weighted by atomic mass is 32.1. The van der Waals surface area contributed by atoms with E-state index in [2.05, 4.69) is 10.3 Å². The van der Waals surface area contributed by atoms with E-state index in [1.54, 1.807) is 0 Å². The van der Waals surface area contributed by atoms with Gasteiger partial charge in [0.25, 0.3) is 5.56 Å². The molecular weight excluding hydrogens is 236 g/mol. The Morgan fingerprint density at radius 2 is 2.24 bits per heavy atom. The molecule has 88 valence electrons. The van der Waals surface area contributed by atoms with Crippen molar-refractivity contribution in [1.82, 2.24) is 15.0 Å². The molecule has 5 nitrogen and oxygen atoms in total. The molecule has 0 spiro atoms. The van der Waals surface area contributed by atoms with Gasteiger partial charge in [-0.3, -0.25) is 4.79 Å². The standard InChI is InChI=1S/C11H12N4OS/c1-7-8(2)17-10-9(7)11(16)15(14-13-10)6-4-3-5-12/h3-4,6H2,1-2H3. The van der Waals surface area contributed by atoms with E-state index in [1.165, 1.54) is 16.0 Å². The minimum absolute atomic E-state index is 0.102. The molecule has 0 saturated heterocycles. The lowest BCUT2D eigenvalue weighted by molar-refractivity contribution is 0.530.